The molecular formula is C18H32N2O. The second-order valence-electron chi connectivity index (χ2n) is 7.73. The standard InChI is InChI=1S/C18H32N2O/c1-2-7-14(6-1)21-18-11-4-3-9-17(18)20-13-12-19-15-8-5-10-16(15)20/h14-19H,1-13H2/t15-,16+,17-,18+/m0/s1. The number of fused-ring (bicyclic) bond motifs is 1. The number of hydrogen-bond acceptors (Lipinski definition) is 3. The van der Waals surface area contributed by atoms with Gasteiger partial charge < -0.3 is 10.1 Å². The van der Waals surface area contributed by atoms with Crippen LogP contribution in [0.4, 0.5) is 0 Å². The van der Waals surface area contributed by atoms with Crippen molar-refractivity contribution in [2.45, 2.75) is 101 Å². The summed E-state index contributed by atoms with van der Waals surface area (Å²) in [6.45, 7) is 2.43. The van der Waals surface area contributed by atoms with E-state index >= 15 is 0 Å². The Kier molecular flexibility index (Phi) is 4.52. The molecule has 1 aliphatic heterocycles. The van der Waals surface area contributed by atoms with Gasteiger partial charge in [0.05, 0.1) is 12.2 Å². The van der Waals surface area contributed by atoms with Crippen molar-refractivity contribution >= 4 is 0 Å². The van der Waals surface area contributed by atoms with Crippen LogP contribution in [0.1, 0.15) is 70.6 Å². The van der Waals surface area contributed by atoms with Crippen LogP contribution in [0, 0.1) is 0 Å². The highest BCUT2D eigenvalue weighted by Gasteiger charge is 2.42. The molecule has 0 aromatic heterocycles. The van der Waals surface area contributed by atoms with Crippen LogP contribution in [0.5, 0.6) is 0 Å². The molecule has 1 heterocycles. The molecule has 0 bridgehead atoms. The first-order valence-electron chi connectivity index (χ1n) is 9.56. The second-order valence-corrected chi connectivity index (χ2v) is 7.73. The summed E-state index contributed by atoms with van der Waals surface area (Å²) in [4.78, 5) is 2.87. The van der Waals surface area contributed by atoms with Gasteiger partial charge in [-0.2, -0.15) is 0 Å². The van der Waals surface area contributed by atoms with Gasteiger partial charge in [-0.1, -0.05) is 32.1 Å². The van der Waals surface area contributed by atoms with Crippen molar-refractivity contribution in [3.05, 3.63) is 0 Å². The number of ether oxygens (including phenoxy) is 1. The summed E-state index contributed by atoms with van der Waals surface area (Å²) >= 11 is 0. The summed E-state index contributed by atoms with van der Waals surface area (Å²) in [7, 11) is 0. The number of nitrogens with one attached hydrogen (secondary N) is 1. The lowest BCUT2D eigenvalue weighted by molar-refractivity contribution is -0.0875. The quantitative estimate of drug-likeness (QED) is 0.865. The predicted octanol–water partition coefficient (Wildman–Crippen LogP) is 3.08. The minimum atomic E-state index is 0.529. The fourth-order valence-corrected chi connectivity index (χ4v) is 5.42. The van der Waals surface area contributed by atoms with E-state index in [1.807, 2.05) is 0 Å². The second kappa shape index (κ2) is 6.55. The van der Waals surface area contributed by atoms with E-state index < -0.39 is 0 Å². The Morgan fingerprint density at radius 1 is 0.762 bits per heavy atom. The van der Waals surface area contributed by atoms with E-state index in [1.165, 1.54) is 83.7 Å². The molecule has 1 saturated heterocycles. The van der Waals surface area contributed by atoms with Gasteiger partial charge >= 0.3 is 0 Å². The maximum atomic E-state index is 6.60. The molecule has 3 aliphatic carbocycles. The molecule has 3 heteroatoms. The first kappa shape index (κ1) is 14.5. The van der Waals surface area contributed by atoms with Crippen LogP contribution < -0.4 is 5.32 Å². The zero-order valence-corrected chi connectivity index (χ0v) is 13.4. The molecule has 0 spiro atoms. The number of rotatable bonds is 3. The number of nitrogens with zero attached hydrogens (tertiary/aromatic N) is 1. The van der Waals surface area contributed by atoms with Gasteiger partial charge in [-0.05, 0) is 38.5 Å². The van der Waals surface area contributed by atoms with E-state index in [0.717, 1.165) is 12.1 Å². The highest BCUT2D eigenvalue weighted by Crippen LogP contribution is 2.35. The van der Waals surface area contributed by atoms with Gasteiger partial charge in [-0.3, -0.25) is 4.90 Å². The predicted molar refractivity (Wildman–Crippen MR) is 85.5 cm³/mol. The van der Waals surface area contributed by atoms with Gasteiger partial charge in [0, 0.05) is 31.2 Å². The minimum absolute atomic E-state index is 0.529. The molecule has 4 fully saturated rings. The third-order valence-electron chi connectivity index (χ3n) is 6.45. The van der Waals surface area contributed by atoms with Gasteiger partial charge in [0.2, 0.25) is 0 Å². The molecule has 4 aliphatic rings. The monoisotopic (exact) mass is 292 g/mol. The molecule has 0 radical (unpaired) electrons. The van der Waals surface area contributed by atoms with Crippen LogP contribution in [-0.2, 0) is 4.74 Å². The Morgan fingerprint density at radius 3 is 2.43 bits per heavy atom. The van der Waals surface area contributed by atoms with Gasteiger partial charge in [-0.15, -0.1) is 0 Å². The van der Waals surface area contributed by atoms with Crippen LogP contribution in [0.25, 0.3) is 0 Å². The average molecular weight is 292 g/mol. The van der Waals surface area contributed by atoms with Crippen molar-refractivity contribution in [2.24, 2.45) is 0 Å². The van der Waals surface area contributed by atoms with Crippen LogP contribution in [0.15, 0.2) is 0 Å². The van der Waals surface area contributed by atoms with Crippen molar-refractivity contribution in [3.63, 3.8) is 0 Å². The van der Waals surface area contributed by atoms with E-state index in [2.05, 4.69) is 10.2 Å². The van der Waals surface area contributed by atoms with Crippen molar-refractivity contribution < 1.29 is 4.74 Å². The average Bonchev–Trinajstić information content (AvgIpc) is 3.18. The molecule has 1 N–H and O–H groups in total. The Balaban J connectivity index is 1.44. The Morgan fingerprint density at radius 2 is 1.52 bits per heavy atom. The van der Waals surface area contributed by atoms with E-state index in [1.54, 1.807) is 0 Å². The SMILES string of the molecule is C1CCC(O[C@@H]2CCCC[C@@H]2N2CCN[C@H]3CCC[C@H]32)C1. The van der Waals surface area contributed by atoms with E-state index in [0.29, 0.717) is 18.2 Å². The highest BCUT2D eigenvalue weighted by molar-refractivity contribution is 4.99. The van der Waals surface area contributed by atoms with Crippen LogP contribution in [0.2, 0.25) is 0 Å². The summed E-state index contributed by atoms with van der Waals surface area (Å²) in [6, 6.07) is 2.29. The fourth-order valence-electron chi connectivity index (χ4n) is 5.42. The van der Waals surface area contributed by atoms with Crippen molar-refractivity contribution in [1.29, 1.82) is 0 Å². The molecule has 0 aromatic rings. The molecule has 3 nitrogen and oxygen atoms in total. The Bertz CT molecular complexity index is 342. The lowest BCUT2D eigenvalue weighted by Gasteiger charge is -2.47. The van der Waals surface area contributed by atoms with Gasteiger partial charge in [0.25, 0.3) is 0 Å². The molecule has 21 heavy (non-hydrogen) atoms. The molecule has 4 atom stereocenters. The zero-order valence-electron chi connectivity index (χ0n) is 13.4. The molecule has 0 aromatic carbocycles. The number of piperazine rings is 1. The maximum absolute atomic E-state index is 6.60. The summed E-state index contributed by atoms with van der Waals surface area (Å²) in [5.74, 6) is 0. The van der Waals surface area contributed by atoms with Crippen molar-refractivity contribution in [1.82, 2.24) is 10.2 Å². The van der Waals surface area contributed by atoms with Crippen LogP contribution in [0.3, 0.4) is 0 Å². The normalized spacial score (nSPS) is 42.3. The molecule has 0 unspecified atom stereocenters. The van der Waals surface area contributed by atoms with Crippen LogP contribution >= 0.6 is 0 Å². The topological polar surface area (TPSA) is 24.5 Å². The van der Waals surface area contributed by atoms with Crippen molar-refractivity contribution in [3.8, 4) is 0 Å². The van der Waals surface area contributed by atoms with E-state index in [4.69, 9.17) is 4.74 Å². The minimum Gasteiger partial charge on any atom is -0.373 e. The fraction of sp³-hybridized carbons (Fsp3) is 1.00. The van der Waals surface area contributed by atoms with Crippen molar-refractivity contribution in [2.75, 3.05) is 13.1 Å². The Hall–Kier alpha value is -0.120. The van der Waals surface area contributed by atoms with E-state index in [9.17, 15) is 0 Å². The van der Waals surface area contributed by atoms with Gasteiger partial charge in [0.15, 0.2) is 0 Å². The van der Waals surface area contributed by atoms with E-state index in [-0.39, 0.29) is 0 Å². The van der Waals surface area contributed by atoms with Gasteiger partial charge in [-0.25, -0.2) is 0 Å². The molecule has 0 amide bonds. The zero-order chi connectivity index (χ0) is 14.1. The van der Waals surface area contributed by atoms with Gasteiger partial charge in [0.1, 0.15) is 0 Å². The molecule has 120 valence electrons. The summed E-state index contributed by atoms with van der Waals surface area (Å²) < 4.78 is 6.60. The third-order valence-corrected chi connectivity index (χ3v) is 6.45. The summed E-state index contributed by atoms with van der Waals surface area (Å²) in [5, 5.41) is 3.76. The highest BCUT2D eigenvalue weighted by atomic mass is 16.5. The Labute approximate surface area is 129 Å². The molecular weight excluding hydrogens is 260 g/mol. The maximum Gasteiger partial charge on any atom is 0.0734 e. The number of hydrogen-bond donors (Lipinski definition) is 1. The first-order valence-corrected chi connectivity index (χ1v) is 9.56. The first-order chi connectivity index (χ1) is 10.4. The third kappa shape index (κ3) is 3.02. The van der Waals surface area contributed by atoms with Crippen LogP contribution in [-0.4, -0.2) is 48.3 Å². The molecule has 4 rings (SSSR count). The molecule has 3 saturated carbocycles. The lowest BCUT2D eigenvalue weighted by Crippen LogP contribution is -2.61. The smallest absolute Gasteiger partial charge is 0.0734 e. The lowest BCUT2D eigenvalue weighted by atomic mass is 9.88. The largest absolute Gasteiger partial charge is 0.373 e. The summed E-state index contributed by atoms with van der Waals surface area (Å²) in [6.07, 6.45) is 16.2. The summed E-state index contributed by atoms with van der Waals surface area (Å²) in [5.41, 5.74) is 0.